The molecule has 1 aromatic carbocycles. The summed E-state index contributed by atoms with van der Waals surface area (Å²) >= 11 is 0. The van der Waals surface area contributed by atoms with Crippen LogP contribution in [-0.2, 0) is 0 Å². The highest BCUT2D eigenvalue weighted by molar-refractivity contribution is 5.91. The molecular weight excluding hydrogens is 326 g/mol. The molecule has 1 amide bonds. The molecule has 1 saturated carbocycles. The first-order valence-electron chi connectivity index (χ1n) is 7.17. The first kappa shape index (κ1) is 16.4. The zero-order valence-electron chi connectivity index (χ0n) is 12.6. The van der Waals surface area contributed by atoms with Crippen molar-refractivity contribution < 1.29 is 22.4 Å². The van der Waals surface area contributed by atoms with Gasteiger partial charge in [0.15, 0.2) is 0 Å². The van der Waals surface area contributed by atoms with Crippen molar-refractivity contribution in [2.75, 3.05) is 7.05 Å². The van der Waals surface area contributed by atoms with E-state index >= 15 is 0 Å². The van der Waals surface area contributed by atoms with E-state index in [4.69, 9.17) is 0 Å². The number of rotatable bonds is 3. The molecule has 1 heterocycles. The number of halogens is 4. The number of alkyl halides is 3. The maximum Gasteiger partial charge on any atom is 0.411 e. The molecular formula is C16H13F4N3O. The molecule has 8 heteroatoms. The standard InChI is InChI=1S/C16H13F4N3O/c1-23(15(5-6-15)16(18,19)20)14(24)13-21-8-11(9-22-13)10-3-2-4-12(17)7-10/h2-4,7-9H,5-6H2,1H3. The van der Waals surface area contributed by atoms with E-state index in [1.54, 1.807) is 6.07 Å². The molecule has 4 nitrogen and oxygen atoms in total. The van der Waals surface area contributed by atoms with E-state index in [0.717, 1.165) is 7.05 Å². The van der Waals surface area contributed by atoms with Gasteiger partial charge in [-0.3, -0.25) is 4.79 Å². The summed E-state index contributed by atoms with van der Waals surface area (Å²) in [6.45, 7) is 0. The van der Waals surface area contributed by atoms with Crippen LogP contribution in [0.2, 0.25) is 0 Å². The number of carbonyl (C=O) groups is 1. The maximum atomic E-state index is 13.2. The SMILES string of the molecule is CN(C(=O)c1ncc(-c2cccc(F)c2)cn1)C1(C(F)(F)F)CC1. The van der Waals surface area contributed by atoms with Crippen LogP contribution in [0.4, 0.5) is 17.6 Å². The second-order valence-electron chi connectivity index (χ2n) is 5.70. The molecule has 3 rings (SSSR count). The fraction of sp³-hybridized carbons (Fsp3) is 0.312. The lowest BCUT2D eigenvalue weighted by molar-refractivity contribution is -0.185. The Hall–Kier alpha value is -2.51. The quantitative estimate of drug-likeness (QED) is 0.805. The Balaban J connectivity index is 1.82. The monoisotopic (exact) mass is 339 g/mol. The van der Waals surface area contributed by atoms with Gasteiger partial charge in [-0.05, 0) is 30.5 Å². The van der Waals surface area contributed by atoms with Gasteiger partial charge in [-0.1, -0.05) is 12.1 Å². The van der Waals surface area contributed by atoms with Gasteiger partial charge in [0.1, 0.15) is 11.4 Å². The molecule has 1 fully saturated rings. The number of hydrogen-bond acceptors (Lipinski definition) is 3. The minimum absolute atomic E-state index is 0.125. The number of amides is 1. The average molecular weight is 339 g/mol. The molecule has 2 aromatic rings. The fourth-order valence-electron chi connectivity index (χ4n) is 2.53. The van der Waals surface area contributed by atoms with Gasteiger partial charge in [0.05, 0.1) is 0 Å². The molecule has 1 aromatic heterocycles. The highest BCUT2D eigenvalue weighted by Gasteiger charge is 2.67. The van der Waals surface area contributed by atoms with E-state index in [1.165, 1.54) is 30.6 Å². The van der Waals surface area contributed by atoms with Gasteiger partial charge in [-0.15, -0.1) is 0 Å². The molecule has 1 aliphatic rings. The summed E-state index contributed by atoms with van der Waals surface area (Å²) in [5, 5.41) is 0. The van der Waals surface area contributed by atoms with E-state index < -0.39 is 23.4 Å². The second-order valence-corrected chi connectivity index (χ2v) is 5.70. The number of hydrogen-bond donors (Lipinski definition) is 0. The van der Waals surface area contributed by atoms with Crippen LogP contribution in [0, 0.1) is 5.82 Å². The van der Waals surface area contributed by atoms with E-state index in [9.17, 15) is 22.4 Å². The Kier molecular flexibility index (Phi) is 3.77. The van der Waals surface area contributed by atoms with Gasteiger partial charge in [-0.25, -0.2) is 14.4 Å². The third-order valence-electron chi connectivity index (χ3n) is 4.20. The molecule has 0 saturated heterocycles. The first-order chi connectivity index (χ1) is 11.2. The van der Waals surface area contributed by atoms with Crippen LogP contribution < -0.4 is 0 Å². The molecule has 126 valence electrons. The molecule has 0 unspecified atom stereocenters. The summed E-state index contributed by atoms with van der Waals surface area (Å²) in [4.78, 5) is 20.6. The van der Waals surface area contributed by atoms with Crippen LogP contribution in [-0.4, -0.2) is 39.5 Å². The van der Waals surface area contributed by atoms with Gasteiger partial charge >= 0.3 is 6.18 Å². The Morgan fingerprint density at radius 3 is 2.29 bits per heavy atom. The molecule has 0 N–H and O–H groups in total. The molecule has 0 bridgehead atoms. The highest BCUT2D eigenvalue weighted by atomic mass is 19.4. The Bertz CT molecular complexity index is 770. The fourth-order valence-corrected chi connectivity index (χ4v) is 2.53. The summed E-state index contributed by atoms with van der Waals surface area (Å²) < 4.78 is 52.4. The Labute approximate surface area is 135 Å². The largest absolute Gasteiger partial charge is 0.411 e. The molecule has 1 aliphatic carbocycles. The van der Waals surface area contributed by atoms with Gasteiger partial charge in [0.2, 0.25) is 5.82 Å². The van der Waals surface area contributed by atoms with Gasteiger partial charge in [0, 0.05) is 25.0 Å². The lowest BCUT2D eigenvalue weighted by Crippen LogP contribution is -2.49. The summed E-state index contributed by atoms with van der Waals surface area (Å²) in [5.41, 5.74) is -1.14. The van der Waals surface area contributed by atoms with E-state index in [2.05, 4.69) is 9.97 Å². The minimum atomic E-state index is -4.49. The number of aromatic nitrogens is 2. The number of benzene rings is 1. The third kappa shape index (κ3) is 2.72. The topological polar surface area (TPSA) is 46.1 Å². The van der Waals surface area contributed by atoms with Crippen molar-refractivity contribution in [3.05, 3.63) is 48.3 Å². The van der Waals surface area contributed by atoms with Gasteiger partial charge < -0.3 is 4.90 Å². The molecule has 0 radical (unpaired) electrons. The van der Waals surface area contributed by atoms with Crippen molar-refractivity contribution in [3.8, 4) is 11.1 Å². The Morgan fingerprint density at radius 2 is 1.79 bits per heavy atom. The summed E-state index contributed by atoms with van der Waals surface area (Å²) in [6, 6.07) is 5.70. The number of nitrogens with zero attached hydrogens (tertiary/aromatic N) is 3. The number of carbonyl (C=O) groups excluding carboxylic acids is 1. The first-order valence-corrected chi connectivity index (χ1v) is 7.17. The highest BCUT2D eigenvalue weighted by Crippen LogP contribution is 2.53. The van der Waals surface area contributed by atoms with Crippen LogP contribution in [0.15, 0.2) is 36.7 Å². The van der Waals surface area contributed by atoms with Crippen molar-refractivity contribution in [1.29, 1.82) is 0 Å². The van der Waals surface area contributed by atoms with E-state index in [1.807, 2.05) is 0 Å². The third-order valence-corrected chi connectivity index (χ3v) is 4.20. The van der Waals surface area contributed by atoms with Crippen molar-refractivity contribution in [2.24, 2.45) is 0 Å². The van der Waals surface area contributed by atoms with Crippen molar-refractivity contribution in [2.45, 2.75) is 24.6 Å². The van der Waals surface area contributed by atoms with Crippen LogP contribution >= 0.6 is 0 Å². The van der Waals surface area contributed by atoms with Crippen molar-refractivity contribution in [3.63, 3.8) is 0 Å². The smallest absolute Gasteiger partial charge is 0.324 e. The average Bonchev–Trinajstić information content (AvgIpc) is 3.35. The zero-order valence-corrected chi connectivity index (χ0v) is 12.6. The molecule has 0 atom stereocenters. The normalized spacial score (nSPS) is 15.9. The van der Waals surface area contributed by atoms with Gasteiger partial charge in [-0.2, -0.15) is 13.2 Å². The minimum Gasteiger partial charge on any atom is -0.324 e. The van der Waals surface area contributed by atoms with E-state index in [0.29, 0.717) is 16.0 Å². The predicted molar refractivity (Wildman–Crippen MR) is 77.5 cm³/mol. The lowest BCUT2D eigenvalue weighted by atomic mass is 10.1. The van der Waals surface area contributed by atoms with Crippen LogP contribution in [0.25, 0.3) is 11.1 Å². The second kappa shape index (κ2) is 5.54. The van der Waals surface area contributed by atoms with Crippen molar-refractivity contribution in [1.82, 2.24) is 14.9 Å². The van der Waals surface area contributed by atoms with Crippen LogP contribution in [0.1, 0.15) is 23.5 Å². The molecule has 0 aliphatic heterocycles. The predicted octanol–water partition coefficient (Wildman–Crippen LogP) is 3.45. The summed E-state index contributed by atoms with van der Waals surface area (Å²) in [5.74, 6) is -1.66. The summed E-state index contributed by atoms with van der Waals surface area (Å²) in [6.07, 6.45) is -2.16. The van der Waals surface area contributed by atoms with Gasteiger partial charge in [0.25, 0.3) is 5.91 Å². The van der Waals surface area contributed by atoms with Crippen LogP contribution in [0.3, 0.4) is 0 Å². The lowest BCUT2D eigenvalue weighted by Gasteiger charge is -2.29. The van der Waals surface area contributed by atoms with Crippen LogP contribution in [0.5, 0.6) is 0 Å². The molecule has 24 heavy (non-hydrogen) atoms. The Morgan fingerprint density at radius 1 is 1.17 bits per heavy atom. The van der Waals surface area contributed by atoms with Crippen molar-refractivity contribution >= 4 is 5.91 Å². The summed E-state index contributed by atoms with van der Waals surface area (Å²) in [7, 11) is 1.10. The van der Waals surface area contributed by atoms with E-state index in [-0.39, 0.29) is 18.7 Å². The zero-order chi connectivity index (χ0) is 17.5. The molecule has 0 spiro atoms. The maximum absolute atomic E-state index is 13.2.